The van der Waals surface area contributed by atoms with Gasteiger partial charge >= 0.3 is 5.97 Å². The zero-order valence-electron chi connectivity index (χ0n) is 13.5. The van der Waals surface area contributed by atoms with Crippen molar-refractivity contribution in [3.05, 3.63) is 29.6 Å². The number of amides is 1. The first kappa shape index (κ1) is 15.4. The summed E-state index contributed by atoms with van der Waals surface area (Å²) in [5, 5.41) is 19.6. The normalized spacial score (nSPS) is 17.0. The maximum Gasteiger partial charge on any atom is 0.329 e. The largest absolute Gasteiger partial charge is 0.486 e. The molecule has 1 aliphatic heterocycles. The quantitative estimate of drug-likeness (QED) is 0.838. The van der Waals surface area contributed by atoms with Crippen molar-refractivity contribution in [3.8, 4) is 17.2 Å². The molecule has 1 aromatic carbocycles. The van der Waals surface area contributed by atoms with Crippen LogP contribution in [0, 0.1) is 6.92 Å². The number of ether oxygens (including phenoxy) is 2. The number of benzene rings is 1. The number of rotatable bonds is 4. The monoisotopic (exact) mass is 344 g/mol. The van der Waals surface area contributed by atoms with Gasteiger partial charge in [-0.1, -0.05) is 5.21 Å². The summed E-state index contributed by atoms with van der Waals surface area (Å²) in [6.07, 6.45) is 0.840. The molecule has 2 heterocycles. The van der Waals surface area contributed by atoms with Gasteiger partial charge in [0.1, 0.15) is 18.8 Å². The SMILES string of the molecule is Cc1c(C(=O)NC2(C(=O)O)CC2)nnn1-c1ccc2c(c1)OCCO2. The summed E-state index contributed by atoms with van der Waals surface area (Å²) in [5.74, 6) is -0.311. The lowest BCUT2D eigenvalue weighted by molar-refractivity contribution is -0.140. The van der Waals surface area contributed by atoms with E-state index in [1.165, 1.54) is 4.68 Å². The van der Waals surface area contributed by atoms with Gasteiger partial charge in [-0.3, -0.25) is 4.79 Å². The van der Waals surface area contributed by atoms with E-state index < -0.39 is 17.4 Å². The molecule has 2 aliphatic rings. The van der Waals surface area contributed by atoms with Gasteiger partial charge in [0.25, 0.3) is 5.91 Å². The summed E-state index contributed by atoms with van der Waals surface area (Å²) in [7, 11) is 0. The first-order valence-corrected chi connectivity index (χ1v) is 7.88. The second-order valence-corrected chi connectivity index (χ2v) is 6.10. The zero-order valence-corrected chi connectivity index (χ0v) is 13.5. The predicted molar refractivity (Wildman–Crippen MR) is 84.2 cm³/mol. The summed E-state index contributed by atoms with van der Waals surface area (Å²) in [5.41, 5.74) is 0.120. The Labute approximate surface area is 142 Å². The number of nitrogens with zero attached hydrogens (tertiary/aromatic N) is 3. The highest BCUT2D eigenvalue weighted by Crippen LogP contribution is 2.36. The van der Waals surface area contributed by atoms with E-state index in [1.54, 1.807) is 25.1 Å². The van der Waals surface area contributed by atoms with Crippen molar-refractivity contribution in [2.45, 2.75) is 25.3 Å². The fourth-order valence-corrected chi connectivity index (χ4v) is 2.74. The van der Waals surface area contributed by atoms with E-state index in [2.05, 4.69) is 15.6 Å². The minimum atomic E-state index is -1.16. The highest BCUT2D eigenvalue weighted by atomic mass is 16.6. The number of carbonyl (C=O) groups is 2. The van der Waals surface area contributed by atoms with Crippen molar-refractivity contribution in [2.24, 2.45) is 0 Å². The molecule has 0 spiro atoms. The Morgan fingerprint density at radius 2 is 1.96 bits per heavy atom. The number of hydrogen-bond donors (Lipinski definition) is 2. The van der Waals surface area contributed by atoms with Gasteiger partial charge in [-0.15, -0.1) is 5.10 Å². The molecule has 9 nitrogen and oxygen atoms in total. The van der Waals surface area contributed by atoms with Crippen molar-refractivity contribution >= 4 is 11.9 Å². The molecule has 1 saturated carbocycles. The lowest BCUT2D eigenvalue weighted by Crippen LogP contribution is -2.43. The number of carbonyl (C=O) groups excluding carboxylic acids is 1. The Hall–Kier alpha value is -3.10. The molecule has 0 saturated heterocycles. The van der Waals surface area contributed by atoms with Crippen LogP contribution in [0.4, 0.5) is 0 Å². The summed E-state index contributed by atoms with van der Waals surface area (Å²) >= 11 is 0. The average Bonchev–Trinajstić information content (AvgIpc) is 3.29. The summed E-state index contributed by atoms with van der Waals surface area (Å²) in [6.45, 7) is 2.67. The third-order valence-corrected chi connectivity index (χ3v) is 4.39. The van der Waals surface area contributed by atoms with Gasteiger partial charge in [-0.25, -0.2) is 9.48 Å². The van der Waals surface area contributed by atoms with E-state index in [9.17, 15) is 14.7 Å². The van der Waals surface area contributed by atoms with Crippen LogP contribution in [-0.2, 0) is 4.79 Å². The lowest BCUT2D eigenvalue weighted by atomic mass is 10.2. The van der Waals surface area contributed by atoms with E-state index in [0.29, 0.717) is 48.9 Å². The molecule has 1 aliphatic carbocycles. The Morgan fingerprint density at radius 1 is 1.24 bits per heavy atom. The number of nitrogens with one attached hydrogen (secondary N) is 1. The summed E-state index contributed by atoms with van der Waals surface area (Å²) in [4.78, 5) is 23.6. The molecular formula is C16H16N4O5. The predicted octanol–water partition coefficient (Wildman–Crippen LogP) is 0.694. The third kappa shape index (κ3) is 2.57. The molecule has 0 atom stereocenters. The van der Waals surface area contributed by atoms with E-state index in [1.807, 2.05) is 0 Å². The van der Waals surface area contributed by atoms with Gasteiger partial charge in [0.15, 0.2) is 17.2 Å². The summed E-state index contributed by atoms with van der Waals surface area (Å²) in [6, 6.07) is 5.32. The molecule has 130 valence electrons. The second-order valence-electron chi connectivity index (χ2n) is 6.10. The van der Waals surface area contributed by atoms with Crippen molar-refractivity contribution < 1.29 is 24.2 Å². The molecular weight excluding hydrogens is 328 g/mol. The molecule has 1 fully saturated rings. The molecule has 9 heteroatoms. The minimum Gasteiger partial charge on any atom is -0.486 e. The minimum absolute atomic E-state index is 0.0995. The Balaban J connectivity index is 1.61. The lowest BCUT2D eigenvalue weighted by Gasteiger charge is -2.18. The van der Waals surface area contributed by atoms with Gasteiger partial charge in [0.05, 0.1) is 11.4 Å². The number of carboxylic acids is 1. The smallest absolute Gasteiger partial charge is 0.329 e. The van der Waals surface area contributed by atoms with Crippen LogP contribution in [0.2, 0.25) is 0 Å². The van der Waals surface area contributed by atoms with Gasteiger partial charge in [0.2, 0.25) is 0 Å². The van der Waals surface area contributed by atoms with Crippen LogP contribution in [0.15, 0.2) is 18.2 Å². The molecule has 0 radical (unpaired) electrons. The van der Waals surface area contributed by atoms with Crippen LogP contribution in [0.5, 0.6) is 11.5 Å². The zero-order chi connectivity index (χ0) is 17.6. The van der Waals surface area contributed by atoms with E-state index in [-0.39, 0.29) is 5.69 Å². The summed E-state index contributed by atoms with van der Waals surface area (Å²) < 4.78 is 12.5. The Morgan fingerprint density at radius 3 is 2.64 bits per heavy atom. The number of aliphatic carboxylic acids is 1. The average molecular weight is 344 g/mol. The van der Waals surface area contributed by atoms with E-state index in [0.717, 1.165) is 0 Å². The van der Waals surface area contributed by atoms with Crippen molar-refractivity contribution in [1.82, 2.24) is 20.3 Å². The third-order valence-electron chi connectivity index (χ3n) is 4.39. The van der Waals surface area contributed by atoms with Crippen LogP contribution in [0.1, 0.15) is 29.0 Å². The van der Waals surface area contributed by atoms with E-state index in [4.69, 9.17) is 9.47 Å². The fourth-order valence-electron chi connectivity index (χ4n) is 2.74. The van der Waals surface area contributed by atoms with Crippen molar-refractivity contribution in [1.29, 1.82) is 0 Å². The van der Waals surface area contributed by atoms with Gasteiger partial charge in [0, 0.05) is 6.07 Å². The molecule has 1 aromatic heterocycles. The van der Waals surface area contributed by atoms with Crippen molar-refractivity contribution in [2.75, 3.05) is 13.2 Å². The number of hydrogen-bond acceptors (Lipinski definition) is 6. The van der Waals surface area contributed by atoms with Gasteiger partial charge in [-0.2, -0.15) is 0 Å². The molecule has 0 bridgehead atoms. The molecule has 25 heavy (non-hydrogen) atoms. The Bertz CT molecular complexity index is 871. The van der Waals surface area contributed by atoms with Crippen LogP contribution >= 0.6 is 0 Å². The van der Waals surface area contributed by atoms with E-state index >= 15 is 0 Å². The first-order valence-electron chi connectivity index (χ1n) is 7.88. The highest BCUT2D eigenvalue weighted by Gasteiger charge is 2.52. The van der Waals surface area contributed by atoms with Gasteiger partial charge < -0.3 is 19.9 Å². The first-order chi connectivity index (χ1) is 12.0. The van der Waals surface area contributed by atoms with Crippen LogP contribution in [-0.4, -0.2) is 50.7 Å². The number of carboxylic acid groups (broad SMARTS) is 1. The number of fused-ring (bicyclic) bond motifs is 1. The molecule has 4 rings (SSSR count). The van der Waals surface area contributed by atoms with Crippen LogP contribution < -0.4 is 14.8 Å². The maximum atomic E-state index is 12.4. The molecule has 2 aromatic rings. The molecule has 0 unspecified atom stereocenters. The molecule has 1 amide bonds. The maximum absolute atomic E-state index is 12.4. The highest BCUT2D eigenvalue weighted by molar-refractivity contribution is 5.98. The standard InChI is InChI=1S/C16H16N4O5/c1-9-13(14(21)17-16(4-5-16)15(22)23)18-19-20(9)10-2-3-11-12(8-10)25-7-6-24-11/h2-3,8H,4-7H2,1H3,(H,17,21)(H,22,23). The Kier molecular flexibility index (Phi) is 3.38. The van der Waals surface area contributed by atoms with Gasteiger partial charge in [-0.05, 0) is 31.9 Å². The fraction of sp³-hybridized carbons (Fsp3) is 0.375. The topological polar surface area (TPSA) is 116 Å². The molecule has 2 N–H and O–H groups in total. The second kappa shape index (κ2) is 5.47. The number of aromatic nitrogens is 3. The van der Waals surface area contributed by atoms with Crippen LogP contribution in [0.3, 0.4) is 0 Å². The van der Waals surface area contributed by atoms with Crippen molar-refractivity contribution in [3.63, 3.8) is 0 Å². The van der Waals surface area contributed by atoms with Crippen LogP contribution in [0.25, 0.3) is 5.69 Å².